The van der Waals surface area contributed by atoms with Crippen molar-refractivity contribution in [1.29, 1.82) is 0 Å². The third-order valence-corrected chi connectivity index (χ3v) is 5.37. The molecule has 6 heteroatoms. The molecule has 20 heavy (non-hydrogen) atoms. The van der Waals surface area contributed by atoms with Crippen LogP contribution in [0.3, 0.4) is 0 Å². The zero-order valence-corrected chi connectivity index (χ0v) is 12.6. The summed E-state index contributed by atoms with van der Waals surface area (Å²) in [4.78, 5) is 37.4. The fraction of sp³-hybridized carbons (Fsp3) is 0.786. The maximum atomic E-state index is 12.7. The van der Waals surface area contributed by atoms with E-state index in [1.54, 1.807) is 0 Å². The fourth-order valence-electron chi connectivity index (χ4n) is 3.36. The minimum absolute atomic E-state index is 0.151. The highest BCUT2D eigenvalue weighted by molar-refractivity contribution is 5.97. The van der Waals surface area contributed by atoms with Crippen LogP contribution in [0.1, 0.15) is 33.6 Å². The molecule has 2 fully saturated rings. The summed E-state index contributed by atoms with van der Waals surface area (Å²) in [7, 11) is 2.79. The van der Waals surface area contributed by atoms with Gasteiger partial charge in [0.2, 0.25) is 0 Å². The second kappa shape index (κ2) is 4.20. The molecule has 112 valence electrons. The molecule has 1 aliphatic carbocycles. The number of fused-ring (bicyclic) bond motifs is 2. The van der Waals surface area contributed by atoms with Crippen molar-refractivity contribution in [2.24, 2.45) is 10.8 Å². The first-order chi connectivity index (χ1) is 9.12. The Bertz CT molecular complexity index is 486. The van der Waals surface area contributed by atoms with E-state index in [0.717, 1.165) is 0 Å². The lowest BCUT2D eigenvalue weighted by atomic mass is 9.66. The van der Waals surface area contributed by atoms with Gasteiger partial charge >= 0.3 is 11.9 Å². The molecule has 0 N–H and O–H groups in total. The van der Waals surface area contributed by atoms with Crippen molar-refractivity contribution in [3.05, 3.63) is 0 Å². The first-order valence-electron chi connectivity index (χ1n) is 6.68. The molecule has 1 heterocycles. The van der Waals surface area contributed by atoms with Crippen LogP contribution in [-0.2, 0) is 23.9 Å². The van der Waals surface area contributed by atoms with E-state index in [4.69, 9.17) is 4.74 Å². The average molecular weight is 283 g/mol. The molecule has 2 rings (SSSR count). The highest BCUT2D eigenvalue weighted by Gasteiger charge is 2.76. The van der Waals surface area contributed by atoms with Crippen LogP contribution in [0.2, 0.25) is 0 Å². The second-order valence-electron chi connectivity index (χ2n) is 6.41. The number of methoxy groups -OCH3 is 1. The lowest BCUT2D eigenvalue weighted by Crippen LogP contribution is -2.54. The van der Waals surface area contributed by atoms with Gasteiger partial charge in [0.25, 0.3) is 5.91 Å². The van der Waals surface area contributed by atoms with Crippen molar-refractivity contribution in [3.8, 4) is 0 Å². The van der Waals surface area contributed by atoms with Gasteiger partial charge in [0.05, 0.1) is 12.5 Å². The molecule has 1 amide bonds. The van der Waals surface area contributed by atoms with Crippen molar-refractivity contribution in [2.75, 3.05) is 20.7 Å². The first kappa shape index (κ1) is 14.8. The SMILES string of the molecule is COC(=O)CN(C)C(=O)[C@]12CC[C@](C)(C(=O)O1)C2(C)C. The van der Waals surface area contributed by atoms with E-state index in [1.165, 1.54) is 19.1 Å². The standard InChI is InChI=1S/C14H21NO5/c1-12(2)13(3)6-7-14(12,20-11(13)18)10(17)15(4)8-9(16)19-5/h6-8H2,1-5H3/t13-,14+/m1/s1. The number of rotatable bonds is 3. The van der Waals surface area contributed by atoms with Gasteiger partial charge in [0.1, 0.15) is 6.54 Å². The third kappa shape index (κ3) is 1.53. The van der Waals surface area contributed by atoms with Crippen molar-refractivity contribution in [2.45, 2.75) is 39.2 Å². The van der Waals surface area contributed by atoms with Gasteiger partial charge in [-0.1, -0.05) is 13.8 Å². The van der Waals surface area contributed by atoms with Gasteiger partial charge in [0.15, 0.2) is 5.60 Å². The predicted octanol–water partition coefficient (Wildman–Crippen LogP) is 0.740. The summed E-state index contributed by atoms with van der Waals surface area (Å²) in [5.74, 6) is -1.16. The van der Waals surface area contributed by atoms with Crippen molar-refractivity contribution < 1.29 is 23.9 Å². The van der Waals surface area contributed by atoms with Gasteiger partial charge in [-0.15, -0.1) is 0 Å². The van der Waals surface area contributed by atoms with E-state index < -0.39 is 22.4 Å². The third-order valence-electron chi connectivity index (χ3n) is 5.37. The number of hydrogen-bond acceptors (Lipinski definition) is 5. The van der Waals surface area contributed by atoms with E-state index >= 15 is 0 Å². The highest BCUT2D eigenvalue weighted by Crippen LogP contribution is 2.65. The number of nitrogens with zero attached hydrogens (tertiary/aromatic N) is 1. The van der Waals surface area contributed by atoms with Crippen LogP contribution < -0.4 is 0 Å². The van der Waals surface area contributed by atoms with Gasteiger partial charge in [-0.2, -0.15) is 0 Å². The Morgan fingerprint density at radius 3 is 2.30 bits per heavy atom. The quantitative estimate of drug-likeness (QED) is 0.714. The molecule has 0 aromatic carbocycles. The minimum atomic E-state index is -1.17. The van der Waals surface area contributed by atoms with Crippen LogP contribution in [0.15, 0.2) is 0 Å². The fourth-order valence-corrected chi connectivity index (χ4v) is 3.36. The van der Waals surface area contributed by atoms with Crippen LogP contribution >= 0.6 is 0 Å². The summed E-state index contributed by atoms with van der Waals surface area (Å²) in [5.41, 5.74) is -2.41. The number of ether oxygens (including phenoxy) is 2. The number of amides is 1. The van der Waals surface area contributed by atoms with E-state index in [0.29, 0.717) is 12.8 Å². The predicted molar refractivity (Wildman–Crippen MR) is 69.6 cm³/mol. The Labute approximate surface area is 118 Å². The van der Waals surface area contributed by atoms with Crippen molar-refractivity contribution >= 4 is 17.8 Å². The Morgan fingerprint density at radius 2 is 1.90 bits per heavy atom. The normalized spacial score (nSPS) is 33.8. The molecule has 1 aliphatic heterocycles. The Balaban J connectivity index is 2.30. The maximum Gasteiger partial charge on any atom is 0.325 e. The van der Waals surface area contributed by atoms with Crippen molar-refractivity contribution in [3.63, 3.8) is 0 Å². The number of likely N-dealkylation sites (N-methyl/N-ethyl adjacent to an activating group) is 1. The van der Waals surface area contributed by atoms with Gasteiger partial charge in [0, 0.05) is 12.5 Å². The molecule has 6 nitrogen and oxygen atoms in total. The second-order valence-corrected chi connectivity index (χ2v) is 6.41. The minimum Gasteiger partial charge on any atom is -0.468 e. The summed E-state index contributed by atoms with van der Waals surface area (Å²) in [6.45, 7) is 5.46. The molecule has 0 aromatic heterocycles. The van der Waals surface area contributed by atoms with Gasteiger partial charge < -0.3 is 14.4 Å². The summed E-state index contributed by atoms with van der Waals surface area (Å²) < 4.78 is 10.0. The highest BCUT2D eigenvalue weighted by atomic mass is 16.6. The van der Waals surface area contributed by atoms with Crippen LogP contribution in [0.5, 0.6) is 0 Å². The van der Waals surface area contributed by atoms with Crippen LogP contribution in [-0.4, -0.2) is 49.0 Å². The van der Waals surface area contributed by atoms with Gasteiger partial charge in [-0.3, -0.25) is 14.4 Å². The average Bonchev–Trinajstić information content (AvgIpc) is 2.67. The zero-order chi connectivity index (χ0) is 15.3. The topological polar surface area (TPSA) is 72.9 Å². The molecule has 0 spiro atoms. The van der Waals surface area contributed by atoms with Crippen LogP contribution in [0.25, 0.3) is 0 Å². The first-order valence-corrected chi connectivity index (χ1v) is 6.68. The maximum absolute atomic E-state index is 12.7. The van der Waals surface area contributed by atoms with Crippen LogP contribution in [0, 0.1) is 10.8 Å². The lowest BCUT2D eigenvalue weighted by Gasteiger charge is -2.37. The molecular weight excluding hydrogens is 262 g/mol. The molecule has 2 atom stereocenters. The van der Waals surface area contributed by atoms with Gasteiger partial charge in [-0.25, -0.2) is 0 Å². The molecule has 1 saturated heterocycles. The molecule has 0 unspecified atom stereocenters. The Kier molecular flexibility index (Phi) is 3.11. The van der Waals surface area contributed by atoms with Gasteiger partial charge in [-0.05, 0) is 19.8 Å². The van der Waals surface area contributed by atoms with E-state index in [-0.39, 0.29) is 18.4 Å². The lowest BCUT2D eigenvalue weighted by molar-refractivity contribution is -0.174. The molecule has 0 aromatic rings. The van der Waals surface area contributed by atoms with E-state index in [2.05, 4.69) is 4.74 Å². The molecule has 1 saturated carbocycles. The van der Waals surface area contributed by atoms with Crippen molar-refractivity contribution in [1.82, 2.24) is 4.90 Å². The monoisotopic (exact) mass is 283 g/mol. The largest absolute Gasteiger partial charge is 0.468 e. The van der Waals surface area contributed by atoms with Crippen LogP contribution in [0.4, 0.5) is 0 Å². The molecule has 2 bridgehead atoms. The smallest absolute Gasteiger partial charge is 0.325 e. The van der Waals surface area contributed by atoms with E-state index in [9.17, 15) is 14.4 Å². The summed E-state index contributed by atoms with van der Waals surface area (Å²) >= 11 is 0. The summed E-state index contributed by atoms with van der Waals surface area (Å²) in [5, 5.41) is 0. The number of hydrogen-bond donors (Lipinski definition) is 0. The number of carbonyl (C=O) groups is 3. The Hall–Kier alpha value is -1.59. The summed E-state index contributed by atoms with van der Waals surface area (Å²) in [6.07, 6.45) is 1.11. The number of esters is 2. The zero-order valence-electron chi connectivity index (χ0n) is 12.6. The Morgan fingerprint density at radius 1 is 1.30 bits per heavy atom. The number of carbonyl (C=O) groups excluding carboxylic acids is 3. The molecular formula is C14H21NO5. The van der Waals surface area contributed by atoms with E-state index in [1.807, 2.05) is 20.8 Å². The summed E-state index contributed by atoms with van der Waals surface area (Å²) in [6, 6.07) is 0. The molecule has 2 aliphatic rings. The molecule has 0 radical (unpaired) electrons.